The van der Waals surface area contributed by atoms with E-state index < -0.39 is 5.79 Å². The predicted octanol–water partition coefficient (Wildman–Crippen LogP) is 2.58. The number of rotatable bonds is 5. The van der Waals surface area contributed by atoms with E-state index in [0.29, 0.717) is 26.2 Å². The highest BCUT2D eigenvalue weighted by Crippen LogP contribution is 2.35. The summed E-state index contributed by atoms with van der Waals surface area (Å²) in [5.74, 6) is -0.511. The van der Waals surface area contributed by atoms with Crippen LogP contribution in [0, 0.1) is 5.92 Å². The predicted molar refractivity (Wildman–Crippen MR) is 130 cm³/mol. The summed E-state index contributed by atoms with van der Waals surface area (Å²) in [5, 5.41) is 3.02. The maximum absolute atomic E-state index is 13.0. The molecule has 1 aromatic carbocycles. The first kappa shape index (κ1) is 23.8. The van der Waals surface area contributed by atoms with Crippen molar-refractivity contribution in [1.82, 2.24) is 14.8 Å². The molecule has 2 fully saturated rings. The van der Waals surface area contributed by atoms with Gasteiger partial charge in [0.1, 0.15) is 6.10 Å². The van der Waals surface area contributed by atoms with Crippen LogP contribution >= 0.6 is 0 Å². The number of nitrogens with zero attached hydrogens (tertiary/aromatic N) is 2. The molecule has 8 nitrogen and oxygen atoms in total. The summed E-state index contributed by atoms with van der Waals surface area (Å²) >= 11 is 0. The quantitative estimate of drug-likeness (QED) is 0.712. The first-order valence-electron chi connectivity index (χ1n) is 12.4. The summed E-state index contributed by atoms with van der Waals surface area (Å²) in [4.78, 5) is 39.9. The van der Waals surface area contributed by atoms with Gasteiger partial charge in [-0.1, -0.05) is 36.4 Å². The number of pyridine rings is 1. The second kappa shape index (κ2) is 9.59. The summed E-state index contributed by atoms with van der Waals surface area (Å²) in [5.41, 5.74) is 2.02. The molecule has 2 bridgehead atoms. The summed E-state index contributed by atoms with van der Waals surface area (Å²) in [6, 6.07) is 14.8. The van der Waals surface area contributed by atoms with E-state index in [1.54, 1.807) is 12.1 Å². The van der Waals surface area contributed by atoms with Crippen molar-refractivity contribution in [3.8, 4) is 0 Å². The Morgan fingerprint density at radius 2 is 1.83 bits per heavy atom. The molecule has 2 unspecified atom stereocenters. The minimum Gasteiger partial charge on any atom is -0.348 e. The topological polar surface area (TPSA) is 89.9 Å². The molecule has 3 aliphatic heterocycles. The number of aromatic nitrogens is 1. The standard InChI is InChI=1S/C27H33N3O5/c1-27(2)34-17-21(26(35-27)19-7-4-3-5-8-19)28-23(31)11-12-24(32)29-14-18-13-20(16-29)22-9-6-10-25(33)30(22)15-18/h3-10,18,20-21,26H,11-17H2,1-2H3,(H,28,31)/t18?,20?,21-,26-/m0/s1. The number of carbonyl (C=O) groups is 2. The van der Waals surface area contributed by atoms with Gasteiger partial charge in [0.2, 0.25) is 11.8 Å². The van der Waals surface area contributed by atoms with Crippen molar-refractivity contribution in [1.29, 1.82) is 0 Å². The third kappa shape index (κ3) is 5.18. The van der Waals surface area contributed by atoms with Gasteiger partial charge in [-0.2, -0.15) is 0 Å². The Kier molecular flexibility index (Phi) is 6.51. The zero-order chi connectivity index (χ0) is 24.6. The van der Waals surface area contributed by atoms with E-state index in [2.05, 4.69) is 5.32 Å². The average molecular weight is 480 g/mol. The van der Waals surface area contributed by atoms with Gasteiger partial charge in [0.15, 0.2) is 5.79 Å². The number of hydrogen-bond acceptors (Lipinski definition) is 5. The van der Waals surface area contributed by atoms with Crippen molar-refractivity contribution in [2.75, 3.05) is 19.7 Å². The number of amides is 2. The Morgan fingerprint density at radius 3 is 2.63 bits per heavy atom. The van der Waals surface area contributed by atoms with Crippen LogP contribution in [0.4, 0.5) is 0 Å². The summed E-state index contributed by atoms with van der Waals surface area (Å²) in [6.07, 6.45) is 0.932. The van der Waals surface area contributed by atoms with Crippen molar-refractivity contribution in [2.24, 2.45) is 5.92 Å². The fourth-order valence-electron chi connectivity index (χ4n) is 5.62. The molecular formula is C27H33N3O5. The van der Waals surface area contributed by atoms with E-state index in [4.69, 9.17) is 9.47 Å². The average Bonchev–Trinajstić information content (AvgIpc) is 2.84. The van der Waals surface area contributed by atoms with Crippen molar-refractivity contribution < 1.29 is 19.1 Å². The molecule has 2 saturated heterocycles. The summed E-state index contributed by atoms with van der Waals surface area (Å²) in [6.45, 7) is 5.93. The Bertz CT molecular complexity index is 1150. The monoisotopic (exact) mass is 479 g/mol. The van der Waals surface area contributed by atoms with Gasteiger partial charge in [-0.25, -0.2) is 0 Å². The number of likely N-dealkylation sites (tertiary alicyclic amines) is 1. The van der Waals surface area contributed by atoms with Gasteiger partial charge in [-0.3, -0.25) is 14.4 Å². The van der Waals surface area contributed by atoms with Crippen molar-refractivity contribution in [3.63, 3.8) is 0 Å². The van der Waals surface area contributed by atoms with Crippen LogP contribution in [0.3, 0.4) is 0 Å². The fourth-order valence-corrected chi connectivity index (χ4v) is 5.62. The largest absolute Gasteiger partial charge is 0.348 e. The van der Waals surface area contributed by atoms with Gasteiger partial charge in [0, 0.05) is 50.2 Å². The van der Waals surface area contributed by atoms with Crippen LogP contribution < -0.4 is 10.9 Å². The molecule has 0 aliphatic carbocycles. The first-order valence-corrected chi connectivity index (χ1v) is 12.4. The van der Waals surface area contributed by atoms with Gasteiger partial charge < -0.3 is 24.3 Å². The van der Waals surface area contributed by atoms with E-state index in [1.165, 1.54) is 0 Å². The molecule has 4 heterocycles. The zero-order valence-corrected chi connectivity index (χ0v) is 20.3. The van der Waals surface area contributed by atoms with Crippen LogP contribution in [0.15, 0.2) is 53.3 Å². The molecule has 2 amide bonds. The second-order valence-corrected chi connectivity index (χ2v) is 10.3. The number of piperidine rings is 1. The van der Waals surface area contributed by atoms with Crippen LogP contribution in [0.1, 0.15) is 56.4 Å². The minimum atomic E-state index is -0.742. The summed E-state index contributed by atoms with van der Waals surface area (Å²) < 4.78 is 13.8. The maximum Gasteiger partial charge on any atom is 0.250 e. The normalized spacial score (nSPS) is 27.1. The molecule has 3 aliphatic rings. The molecule has 35 heavy (non-hydrogen) atoms. The molecule has 4 atom stereocenters. The van der Waals surface area contributed by atoms with Gasteiger partial charge in [0.05, 0.1) is 12.6 Å². The molecule has 0 radical (unpaired) electrons. The molecular weight excluding hydrogens is 446 g/mol. The number of ether oxygens (including phenoxy) is 2. The molecule has 8 heteroatoms. The van der Waals surface area contributed by atoms with Gasteiger partial charge in [-0.05, 0) is 37.8 Å². The lowest BCUT2D eigenvalue weighted by Gasteiger charge is -2.43. The van der Waals surface area contributed by atoms with Crippen LogP contribution in [0.5, 0.6) is 0 Å². The van der Waals surface area contributed by atoms with Crippen LogP contribution in [0.2, 0.25) is 0 Å². The third-order valence-corrected chi connectivity index (χ3v) is 7.26. The highest BCUT2D eigenvalue weighted by molar-refractivity contribution is 5.84. The Morgan fingerprint density at radius 1 is 1.03 bits per heavy atom. The minimum absolute atomic E-state index is 0.0153. The highest BCUT2D eigenvalue weighted by Gasteiger charge is 2.39. The molecule has 1 N–H and O–H groups in total. The van der Waals surface area contributed by atoms with E-state index in [9.17, 15) is 14.4 Å². The van der Waals surface area contributed by atoms with Crippen molar-refractivity contribution in [3.05, 3.63) is 70.1 Å². The molecule has 186 valence electrons. The molecule has 1 aromatic heterocycles. The number of carbonyl (C=O) groups excluding carboxylic acids is 2. The third-order valence-electron chi connectivity index (χ3n) is 7.26. The Balaban J connectivity index is 1.18. The lowest BCUT2D eigenvalue weighted by atomic mass is 9.83. The molecule has 2 aromatic rings. The van der Waals surface area contributed by atoms with Crippen LogP contribution in [-0.4, -0.2) is 52.8 Å². The highest BCUT2D eigenvalue weighted by atomic mass is 16.7. The SMILES string of the molecule is CC1(C)OC[C@H](NC(=O)CCC(=O)N2CC3CC(C2)c2cccc(=O)n2C3)[C@H](c2ccccc2)O1. The second-order valence-electron chi connectivity index (χ2n) is 10.3. The lowest BCUT2D eigenvalue weighted by Crippen LogP contribution is -2.52. The number of nitrogens with one attached hydrogen (secondary N) is 1. The fraction of sp³-hybridized carbons (Fsp3) is 0.519. The van der Waals surface area contributed by atoms with E-state index in [1.807, 2.05) is 59.7 Å². The lowest BCUT2D eigenvalue weighted by molar-refractivity contribution is -0.284. The van der Waals surface area contributed by atoms with Crippen molar-refractivity contribution >= 4 is 11.8 Å². The Labute approximate surface area is 205 Å². The van der Waals surface area contributed by atoms with Gasteiger partial charge in [-0.15, -0.1) is 0 Å². The van der Waals surface area contributed by atoms with Gasteiger partial charge in [0.25, 0.3) is 5.56 Å². The van der Waals surface area contributed by atoms with Gasteiger partial charge >= 0.3 is 0 Å². The number of hydrogen-bond donors (Lipinski definition) is 1. The smallest absolute Gasteiger partial charge is 0.250 e. The number of fused-ring (bicyclic) bond motifs is 4. The van der Waals surface area contributed by atoms with E-state index >= 15 is 0 Å². The molecule has 0 spiro atoms. The first-order chi connectivity index (χ1) is 16.8. The maximum atomic E-state index is 13.0. The number of benzene rings is 1. The molecule has 5 rings (SSSR count). The van der Waals surface area contributed by atoms with Crippen LogP contribution in [0.25, 0.3) is 0 Å². The van der Waals surface area contributed by atoms with Crippen LogP contribution in [-0.2, 0) is 25.6 Å². The van der Waals surface area contributed by atoms with E-state index in [0.717, 1.165) is 17.7 Å². The Hall–Kier alpha value is -2.97. The molecule has 0 saturated carbocycles. The van der Waals surface area contributed by atoms with E-state index in [-0.39, 0.29) is 54.2 Å². The van der Waals surface area contributed by atoms with Crippen molar-refractivity contribution in [2.45, 2.75) is 63.5 Å². The zero-order valence-electron chi connectivity index (χ0n) is 20.3. The summed E-state index contributed by atoms with van der Waals surface area (Å²) in [7, 11) is 0.